The largest absolute Gasteiger partial charge is 0.372 e. The highest BCUT2D eigenvalue weighted by atomic mass is 15.2. The minimum atomic E-state index is 0.495. The second-order valence-electron chi connectivity index (χ2n) is 4.44. The average molecular weight is 180 g/mol. The monoisotopic (exact) mass is 180 g/mol. The average Bonchev–Trinajstić information content (AvgIpc) is 2.85. The Morgan fingerprint density at radius 3 is 2.92 bits per heavy atom. The summed E-state index contributed by atoms with van der Waals surface area (Å²) in [5.74, 6) is 0. The summed E-state index contributed by atoms with van der Waals surface area (Å²) in [6.07, 6.45) is 5.11. The molecule has 1 saturated carbocycles. The van der Waals surface area contributed by atoms with Gasteiger partial charge in [-0.3, -0.25) is 0 Å². The highest BCUT2D eigenvalue weighted by Gasteiger charge is 2.45. The van der Waals surface area contributed by atoms with Crippen LogP contribution in [0.1, 0.15) is 32.6 Å². The number of hydrogen-bond donors (Lipinski definition) is 1. The molecule has 2 nitrogen and oxygen atoms in total. The molecule has 0 bridgehead atoms. The van der Waals surface area contributed by atoms with E-state index in [0.717, 1.165) is 19.5 Å². The predicted octanol–water partition coefficient (Wildman–Crippen LogP) is 1.74. The third-order valence-electron chi connectivity index (χ3n) is 3.21. The Morgan fingerprint density at radius 2 is 2.31 bits per heavy atom. The first-order chi connectivity index (χ1) is 6.26. The van der Waals surface area contributed by atoms with Gasteiger partial charge in [0.1, 0.15) is 0 Å². The Bertz CT molecular complexity index is 206. The van der Waals surface area contributed by atoms with E-state index in [2.05, 4.69) is 23.7 Å². The van der Waals surface area contributed by atoms with E-state index >= 15 is 0 Å². The lowest BCUT2D eigenvalue weighted by Crippen LogP contribution is -2.51. The van der Waals surface area contributed by atoms with Crippen LogP contribution in [0, 0.1) is 0 Å². The molecule has 2 heteroatoms. The molecular formula is C11H20N2. The fourth-order valence-electron chi connectivity index (χ4n) is 2.16. The van der Waals surface area contributed by atoms with Crippen LogP contribution >= 0.6 is 0 Å². The molecule has 1 aliphatic heterocycles. The summed E-state index contributed by atoms with van der Waals surface area (Å²) >= 11 is 0. The summed E-state index contributed by atoms with van der Waals surface area (Å²) in [4.78, 5) is 2.48. The van der Waals surface area contributed by atoms with Crippen LogP contribution in [-0.2, 0) is 0 Å². The Balaban J connectivity index is 1.88. The van der Waals surface area contributed by atoms with E-state index in [4.69, 9.17) is 0 Å². The van der Waals surface area contributed by atoms with Crippen molar-refractivity contribution < 1.29 is 0 Å². The van der Waals surface area contributed by atoms with Crippen molar-refractivity contribution >= 4 is 0 Å². The van der Waals surface area contributed by atoms with Crippen molar-refractivity contribution in [2.45, 2.75) is 38.1 Å². The minimum Gasteiger partial charge on any atom is -0.372 e. The predicted molar refractivity (Wildman–Crippen MR) is 55.6 cm³/mol. The van der Waals surface area contributed by atoms with Crippen molar-refractivity contribution in [2.75, 3.05) is 19.6 Å². The summed E-state index contributed by atoms with van der Waals surface area (Å²) in [6, 6.07) is 0. The van der Waals surface area contributed by atoms with Crippen LogP contribution in [0.15, 0.2) is 12.3 Å². The van der Waals surface area contributed by atoms with Gasteiger partial charge in [-0.25, -0.2) is 0 Å². The van der Waals surface area contributed by atoms with Gasteiger partial charge in [0.15, 0.2) is 0 Å². The standard InChI is InChI=1S/C11H20N2/c1-3-4-10(2)13-8-7-12-11(9-13)5-6-11/h12H,2-9H2,1H3. The first-order valence-corrected chi connectivity index (χ1v) is 5.43. The highest BCUT2D eigenvalue weighted by molar-refractivity contribution is 5.10. The summed E-state index contributed by atoms with van der Waals surface area (Å²) < 4.78 is 0. The molecule has 0 atom stereocenters. The molecule has 2 aliphatic rings. The third-order valence-corrected chi connectivity index (χ3v) is 3.21. The number of nitrogens with one attached hydrogen (secondary N) is 1. The molecule has 0 amide bonds. The number of hydrogen-bond acceptors (Lipinski definition) is 2. The van der Waals surface area contributed by atoms with Crippen molar-refractivity contribution in [3.63, 3.8) is 0 Å². The maximum atomic E-state index is 4.16. The molecular weight excluding hydrogens is 160 g/mol. The molecule has 1 saturated heterocycles. The summed E-state index contributed by atoms with van der Waals surface area (Å²) in [7, 11) is 0. The molecule has 13 heavy (non-hydrogen) atoms. The molecule has 1 aliphatic carbocycles. The number of allylic oxidation sites excluding steroid dienone is 1. The lowest BCUT2D eigenvalue weighted by molar-refractivity contribution is 0.228. The Morgan fingerprint density at radius 1 is 1.54 bits per heavy atom. The molecule has 1 N–H and O–H groups in total. The third kappa shape index (κ3) is 1.88. The van der Waals surface area contributed by atoms with E-state index in [1.165, 1.54) is 31.5 Å². The molecule has 0 aromatic heterocycles. The smallest absolute Gasteiger partial charge is 0.0359 e. The fourth-order valence-corrected chi connectivity index (χ4v) is 2.16. The van der Waals surface area contributed by atoms with Gasteiger partial charge in [-0.2, -0.15) is 0 Å². The van der Waals surface area contributed by atoms with E-state index < -0.39 is 0 Å². The van der Waals surface area contributed by atoms with E-state index in [1.54, 1.807) is 0 Å². The van der Waals surface area contributed by atoms with Crippen molar-refractivity contribution in [1.29, 1.82) is 0 Å². The molecule has 0 unspecified atom stereocenters. The number of nitrogens with zero attached hydrogens (tertiary/aromatic N) is 1. The van der Waals surface area contributed by atoms with Crippen molar-refractivity contribution in [3.8, 4) is 0 Å². The van der Waals surface area contributed by atoms with Gasteiger partial charge in [0.2, 0.25) is 0 Å². The van der Waals surface area contributed by atoms with Crippen LogP contribution in [0.25, 0.3) is 0 Å². The molecule has 0 aromatic carbocycles. The Labute approximate surface area is 81.0 Å². The zero-order chi connectivity index (χ0) is 9.31. The normalized spacial score (nSPS) is 24.8. The summed E-state index contributed by atoms with van der Waals surface area (Å²) in [5, 5.41) is 3.61. The van der Waals surface area contributed by atoms with Crippen molar-refractivity contribution in [1.82, 2.24) is 10.2 Å². The molecule has 0 radical (unpaired) electrons. The molecule has 2 fully saturated rings. The Hall–Kier alpha value is -0.500. The van der Waals surface area contributed by atoms with Crippen LogP contribution in [0.4, 0.5) is 0 Å². The zero-order valence-corrected chi connectivity index (χ0v) is 8.60. The van der Waals surface area contributed by atoms with E-state index in [0.29, 0.717) is 5.54 Å². The first-order valence-electron chi connectivity index (χ1n) is 5.43. The second kappa shape index (κ2) is 3.33. The van der Waals surface area contributed by atoms with Gasteiger partial charge in [-0.05, 0) is 19.3 Å². The lowest BCUT2D eigenvalue weighted by atomic mass is 10.1. The maximum Gasteiger partial charge on any atom is 0.0359 e. The summed E-state index contributed by atoms with van der Waals surface area (Å²) in [5.41, 5.74) is 1.84. The van der Waals surface area contributed by atoms with Gasteiger partial charge in [0.05, 0.1) is 0 Å². The lowest BCUT2D eigenvalue weighted by Gasteiger charge is -2.36. The van der Waals surface area contributed by atoms with Crippen molar-refractivity contribution in [2.24, 2.45) is 0 Å². The fraction of sp³-hybridized carbons (Fsp3) is 0.818. The van der Waals surface area contributed by atoms with Crippen LogP contribution in [0.3, 0.4) is 0 Å². The van der Waals surface area contributed by atoms with Crippen molar-refractivity contribution in [3.05, 3.63) is 12.3 Å². The van der Waals surface area contributed by atoms with Crippen LogP contribution in [0.5, 0.6) is 0 Å². The molecule has 1 spiro atoms. The molecule has 0 aromatic rings. The zero-order valence-electron chi connectivity index (χ0n) is 8.60. The highest BCUT2D eigenvalue weighted by Crippen LogP contribution is 2.38. The minimum absolute atomic E-state index is 0.495. The van der Waals surface area contributed by atoms with Crippen LogP contribution in [-0.4, -0.2) is 30.1 Å². The van der Waals surface area contributed by atoms with Crippen LogP contribution < -0.4 is 5.32 Å². The SMILES string of the molecule is C=C(CCC)N1CCNC2(CC2)C1. The van der Waals surface area contributed by atoms with Crippen LogP contribution in [0.2, 0.25) is 0 Å². The molecule has 2 rings (SSSR count). The van der Waals surface area contributed by atoms with E-state index in [9.17, 15) is 0 Å². The van der Waals surface area contributed by atoms with Gasteiger partial charge in [-0.15, -0.1) is 0 Å². The summed E-state index contributed by atoms with van der Waals surface area (Å²) in [6.45, 7) is 9.88. The maximum absolute atomic E-state index is 4.16. The topological polar surface area (TPSA) is 15.3 Å². The number of piperazine rings is 1. The van der Waals surface area contributed by atoms with E-state index in [-0.39, 0.29) is 0 Å². The quantitative estimate of drug-likeness (QED) is 0.711. The van der Waals surface area contributed by atoms with Gasteiger partial charge in [0, 0.05) is 30.9 Å². The Kier molecular flexibility index (Phi) is 2.33. The first kappa shape index (κ1) is 9.07. The van der Waals surface area contributed by atoms with Gasteiger partial charge >= 0.3 is 0 Å². The number of rotatable bonds is 3. The molecule has 74 valence electrons. The van der Waals surface area contributed by atoms with Gasteiger partial charge in [0.25, 0.3) is 0 Å². The van der Waals surface area contributed by atoms with Gasteiger partial charge < -0.3 is 10.2 Å². The molecule has 1 heterocycles. The second-order valence-corrected chi connectivity index (χ2v) is 4.44. The van der Waals surface area contributed by atoms with Gasteiger partial charge in [-0.1, -0.05) is 19.9 Å². The van der Waals surface area contributed by atoms with E-state index in [1.807, 2.05) is 0 Å².